The molecule has 0 spiro atoms. The molecule has 1 N–H and O–H groups in total. The monoisotopic (exact) mass is 411 g/mol. The molecule has 1 aromatic heterocycles. The lowest BCUT2D eigenvalue weighted by Crippen LogP contribution is -2.39. The largest absolute Gasteiger partial charge is 0.453 e. The van der Waals surface area contributed by atoms with E-state index in [9.17, 15) is 9.59 Å². The third kappa shape index (κ3) is 6.55. The van der Waals surface area contributed by atoms with Crippen molar-refractivity contribution in [3.05, 3.63) is 28.5 Å². The van der Waals surface area contributed by atoms with Gasteiger partial charge in [0.25, 0.3) is 0 Å². The summed E-state index contributed by atoms with van der Waals surface area (Å²) in [7, 11) is 1.33. The first-order valence-corrected chi connectivity index (χ1v) is 9.97. The summed E-state index contributed by atoms with van der Waals surface area (Å²) in [5.41, 5.74) is 1.26. The fourth-order valence-electron chi connectivity index (χ4n) is 2.91. The van der Waals surface area contributed by atoms with Gasteiger partial charge in [0.05, 0.1) is 13.2 Å². The Morgan fingerprint density at radius 3 is 2.64 bits per heavy atom. The Labute approximate surface area is 171 Å². The molecule has 2 amide bonds. The molecule has 8 heteroatoms. The molecule has 2 rings (SSSR count). The van der Waals surface area contributed by atoms with E-state index < -0.39 is 11.7 Å². The van der Waals surface area contributed by atoms with Gasteiger partial charge in [0, 0.05) is 18.8 Å². The van der Waals surface area contributed by atoms with Gasteiger partial charge >= 0.3 is 12.2 Å². The number of hydrogen-bond acceptors (Lipinski definition) is 5. The zero-order valence-corrected chi connectivity index (χ0v) is 18.0. The molecule has 0 aliphatic heterocycles. The Hall–Kier alpha value is -2.02. The van der Waals surface area contributed by atoms with Gasteiger partial charge in [0.1, 0.15) is 10.8 Å². The third-order valence-electron chi connectivity index (χ3n) is 4.45. The molecular formula is C20H30ClN3O4. The van der Waals surface area contributed by atoms with Crippen molar-refractivity contribution in [3.63, 3.8) is 0 Å². The Morgan fingerprint density at radius 2 is 2.07 bits per heavy atom. The first-order valence-electron chi connectivity index (χ1n) is 9.60. The standard InChI is InChI=1S/C20H30ClN3O4/c1-13(24(16-8-9-16)19(26)28-20(2,3)4)15-11-14(17(21)23-12-15)7-6-10-22-18(25)27-5/h11-13,16H,6-10H2,1-5H3,(H,22,25). The number of methoxy groups -OCH3 is 1. The predicted molar refractivity (Wildman–Crippen MR) is 107 cm³/mol. The van der Waals surface area contributed by atoms with Crippen LogP contribution in [0, 0.1) is 0 Å². The van der Waals surface area contributed by atoms with Crippen LogP contribution in [-0.2, 0) is 15.9 Å². The number of carbonyl (C=O) groups is 2. The number of alkyl carbamates (subject to hydrolysis) is 1. The fraction of sp³-hybridized carbons (Fsp3) is 0.650. The van der Waals surface area contributed by atoms with Crippen LogP contribution < -0.4 is 5.32 Å². The van der Waals surface area contributed by atoms with Gasteiger partial charge in [-0.2, -0.15) is 0 Å². The van der Waals surface area contributed by atoms with Crippen molar-refractivity contribution in [3.8, 4) is 0 Å². The summed E-state index contributed by atoms with van der Waals surface area (Å²) in [5.74, 6) is 0. The Balaban J connectivity index is 2.08. The van der Waals surface area contributed by atoms with Crippen LogP contribution in [0.15, 0.2) is 12.3 Å². The Kier molecular flexibility index (Phi) is 7.52. The SMILES string of the molecule is COC(=O)NCCCc1cc(C(C)N(C(=O)OC(C)(C)C)C2CC2)cnc1Cl. The number of halogens is 1. The minimum Gasteiger partial charge on any atom is -0.453 e. The first kappa shape index (κ1) is 22.3. The fourth-order valence-corrected chi connectivity index (χ4v) is 3.11. The highest BCUT2D eigenvalue weighted by Gasteiger charge is 2.38. The first-order chi connectivity index (χ1) is 13.1. The summed E-state index contributed by atoms with van der Waals surface area (Å²) in [6.45, 7) is 8.06. The minimum absolute atomic E-state index is 0.168. The van der Waals surface area contributed by atoms with Crippen molar-refractivity contribution in [2.45, 2.75) is 71.1 Å². The maximum Gasteiger partial charge on any atom is 0.411 e. The molecule has 0 saturated heterocycles. The number of rotatable bonds is 7. The number of carbonyl (C=O) groups excluding carboxylic acids is 2. The number of nitrogens with one attached hydrogen (secondary N) is 1. The second kappa shape index (κ2) is 9.45. The summed E-state index contributed by atoms with van der Waals surface area (Å²) in [6.07, 6.45) is 4.28. The smallest absolute Gasteiger partial charge is 0.411 e. The van der Waals surface area contributed by atoms with Gasteiger partial charge in [-0.3, -0.25) is 4.90 Å². The molecular weight excluding hydrogens is 382 g/mol. The zero-order chi connectivity index (χ0) is 20.9. The van der Waals surface area contributed by atoms with Crippen LogP contribution in [-0.4, -0.2) is 47.4 Å². The van der Waals surface area contributed by atoms with Gasteiger partial charge in [0.15, 0.2) is 0 Å². The molecule has 1 fully saturated rings. The molecule has 0 bridgehead atoms. The van der Waals surface area contributed by atoms with Gasteiger partial charge in [0.2, 0.25) is 0 Å². The molecule has 1 aliphatic carbocycles. The van der Waals surface area contributed by atoms with Crippen LogP contribution in [0.1, 0.15) is 64.1 Å². The van der Waals surface area contributed by atoms with Gasteiger partial charge in [-0.1, -0.05) is 11.6 Å². The average Bonchev–Trinajstić information content (AvgIpc) is 3.43. The van der Waals surface area contributed by atoms with E-state index in [-0.39, 0.29) is 18.2 Å². The number of aromatic nitrogens is 1. The summed E-state index contributed by atoms with van der Waals surface area (Å²) in [6, 6.07) is 2.02. The van der Waals surface area contributed by atoms with Crippen molar-refractivity contribution in [1.29, 1.82) is 0 Å². The molecule has 1 atom stereocenters. The Bertz CT molecular complexity index is 701. The second-order valence-corrected chi connectivity index (χ2v) is 8.39. The van der Waals surface area contributed by atoms with Crippen LogP contribution in [0.4, 0.5) is 9.59 Å². The van der Waals surface area contributed by atoms with Crippen LogP contribution in [0.3, 0.4) is 0 Å². The molecule has 0 radical (unpaired) electrons. The van der Waals surface area contributed by atoms with Crippen LogP contribution in [0.25, 0.3) is 0 Å². The van der Waals surface area contributed by atoms with Crippen LogP contribution in [0.2, 0.25) is 5.15 Å². The molecule has 7 nitrogen and oxygen atoms in total. The summed E-state index contributed by atoms with van der Waals surface area (Å²) >= 11 is 6.25. The lowest BCUT2D eigenvalue weighted by atomic mass is 10.0. The maximum absolute atomic E-state index is 12.7. The lowest BCUT2D eigenvalue weighted by molar-refractivity contribution is 0.0153. The third-order valence-corrected chi connectivity index (χ3v) is 4.80. The van der Waals surface area contributed by atoms with Crippen molar-refractivity contribution in [2.24, 2.45) is 0 Å². The number of hydrogen-bond donors (Lipinski definition) is 1. The lowest BCUT2D eigenvalue weighted by Gasteiger charge is -2.32. The van der Waals surface area contributed by atoms with Crippen LogP contribution >= 0.6 is 11.6 Å². The normalized spacial score (nSPS) is 14.9. The predicted octanol–water partition coefficient (Wildman–Crippen LogP) is 4.48. The molecule has 1 aromatic rings. The molecule has 1 saturated carbocycles. The van der Waals surface area contributed by atoms with Gasteiger partial charge < -0.3 is 14.8 Å². The highest BCUT2D eigenvalue weighted by Crippen LogP contribution is 2.36. The maximum atomic E-state index is 12.7. The van der Waals surface area contributed by atoms with Gasteiger partial charge in [-0.05, 0) is 70.6 Å². The van der Waals surface area contributed by atoms with E-state index in [1.807, 2.05) is 33.8 Å². The number of nitrogens with zero attached hydrogens (tertiary/aromatic N) is 2. The molecule has 0 aromatic carbocycles. The molecule has 156 valence electrons. The summed E-state index contributed by atoms with van der Waals surface area (Å²) < 4.78 is 10.1. The van der Waals surface area contributed by atoms with Crippen molar-refractivity contribution >= 4 is 23.8 Å². The zero-order valence-electron chi connectivity index (χ0n) is 17.3. The summed E-state index contributed by atoms with van der Waals surface area (Å²) in [4.78, 5) is 29.9. The van der Waals surface area contributed by atoms with E-state index in [1.54, 1.807) is 11.1 Å². The quantitative estimate of drug-likeness (QED) is 0.528. The highest BCUT2D eigenvalue weighted by molar-refractivity contribution is 6.30. The molecule has 1 unspecified atom stereocenters. The van der Waals surface area contributed by atoms with E-state index in [4.69, 9.17) is 16.3 Å². The van der Waals surface area contributed by atoms with E-state index in [2.05, 4.69) is 15.0 Å². The second-order valence-electron chi connectivity index (χ2n) is 8.04. The van der Waals surface area contributed by atoms with E-state index in [0.717, 1.165) is 24.0 Å². The number of ether oxygens (including phenoxy) is 2. The molecule has 28 heavy (non-hydrogen) atoms. The topological polar surface area (TPSA) is 80.8 Å². The minimum atomic E-state index is -0.542. The molecule has 1 heterocycles. The number of pyridine rings is 1. The van der Waals surface area contributed by atoms with Gasteiger partial charge in [-0.15, -0.1) is 0 Å². The van der Waals surface area contributed by atoms with E-state index >= 15 is 0 Å². The van der Waals surface area contributed by atoms with E-state index in [1.165, 1.54) is 7.11 Å². The van der Waals surface area contributed by atoms with Crippen molar-refractivity contribution < 1.29 is 19.1 Å². The average molecular weight is 412 g/mol. The summed E-state index contributed by atoms with van der Waals surface area (Å²) in [5, 5.41) is 3.08. The van der Waals surface area contributed by atoms with Crippen LogP contribution in [0.5, 0.6) is 0 Å². The number of amides is 2. The van der Waals surface area contributed by atoms with Crippen molar-refractivity contribution in [2.75, 3.05) is 13.7 Å². The van der Waals surface area contributed by atoms with E-state index in [0.29, 0.717) is 24.5 Å². The Morgan fingerprint density at radius 1 is 1.39 bits per heavy atom. The van der Waals surface area contributed by atoms with Crippen molar-refractivity contribution in [1.82, 2.24) is 15.2 Å². The van der Waals surface area contributed by atoms with Gasteiger partial charge in [-0.25, -0.2) is 14.6 Å². The highest BCUT2D eigenvalue weighted by atomic mass is 35.5. The molecule has 1 aliphatic rings. The number of aryl methyl sites for hydroxylation is 1.